The summed E-state index contributed by atoms with van der Waals surface area (Å²) in [6.07, 6.45) is 15.9. The number of aryl methyl sites for hydroxylation is 8. The Kier molecular flexibility index (Phi) is 24.7. The number of Topliss-reactive ketones (excluding diaryl/α,β-unsaturated/α-hetero) is 1. The SMILES string of the molecule is COC(=O)CCCC(=O)C1=c2ccccc2=NC1=c1cc(OC)/c(=C/c2[nH]c(C)cc2C)[nH]1.COc1cc(=C2N=c3ccccc3=C2C(=O)O)[nH]/c1=C\c1[nH]c(C)cc1C.COc1ccc2c(c1)=CC(=c1cc(OC)/c(=C/c3[nH]c(C)cc3C)[nH]1)N=2.Cc1cc(C)c(/C=c2\[nH]c(=C3N=c4ccccc4=C3CCC3CCCN3)cc2OC(C)C)[nH]1. The number of ketones is 1. The van der Waals surface area contributed by atoms with Gasteiger partial charge in [0.2, 0.25) is 0 Å². The van der Waals surface area contributed by atoms with Crippen molar-refractivity contribution in [1.29, 1.82) is 0 Å². The number of ether oxygens (including phenoxy) is 6. The number of benzene rings is 4. The maximum Gasteiger partial charge on any atom is 0.338 e. The molecule has 0 aliphatic carbocycles. The van der Waals surface area contributed by atoms with E-state index in [2.05, 4.69) is 169 Å². The number of nitrogens with zero attached hydrogens (tertiary/aromatic N) is 4. The summed E-state index contributed by atoms with van der Waals surface area (Å²) >= 11 is 0. The van der Waals surface area contributed by atoms with Gasteiger partial charge in [-0.2, -0.15) is 0 Å². The van der Waals surface area contributed by atoms with Gasteiger partial charge in [0.15, 0.2) is 5.78 Å². The Morgan fingerprint density at radius 3 is 1.36 bits per heavy atom. The quantitative estimate of drug-likeness (QED) is 0.0451. The zero-order chi connectivity index (χ0) is 83.9. The lowest BCUT2D eigenvalue weighted by Gasteiger charge is -2.11. The van der Waals surface area contributed by atoms with E-state index in [-0.39, 0.29) is 36.3 Å². The fourth-order valence-corrected chi connectivity index (χ4v) is 15.7. The molecular formula is C96H101N13O10. The topological polar surface area (TPSA) is 315 Å². The molecule has 13 heterocycles. The third-order valence-electron chi connectivity index (χ3n) is 21.4. The summed E-state index contributed by atoms with van der Waals surface area (Å²) in [6, 6.07) is 46.0. The summed E-state index contributed by atoms with van der Waals surface area (Å²) < 4.78 is 32.8. The smallest absolute Gasteiger partial charge is 0.338 e. The van der Waals surface area contributed by atoms with Crippen molar-refractivity contribution in [2.24, 2.45) is 20.0 Å². The number of rotatable bonds is 19. The minimum Gasteiger partial charge on any atom is -0.497 e. The van der Waals surface area contributed by atoms with Crippen molar-refractivity contribution in [1.82, 2.24) is 45.2 Å². The average Bonchev–Trinajstić information content (AvgIpc) is 1.62. The molecule has 17 rings (SSSR count). The van der Waals surface area contributed by atoms with Gasteiger partial charge in [0.25, 0.3) is 0 Å². The van der Waals surface area contributed by atoms with E-state index in [1.165, 1.54) is 41.9 Å². The molecule has 12 aromatic rings. The number of carboxylic acid groups (broad SMARTS) is 1. The van der Waals surface area contributed by atoms with Gasteiger partial charge in [-0.05, 0) is 227 Å². The van der Waals surface area contributed by atoms with Crippen LogP contribution < -0.4 is 114 Å². The fraction of sp³-hybridized carbons (Fsp3) is 0.260. The molecule has 8 aromatic heterocycles. The van der Waals surface area contributed by atoms with Gasteiger partial charge in [-0.1, -0.05) is 54.6 Å². The molecule has 0 bridgehead atoms. The molecule has 1 fully saturated rings. The second-order valence-corrected chi connectivity index (χ2v) is 30.6. The minimum atomic E-state index is -1.01. The van der Waals surface area contributed by atoms with Gasteiger partial charge >= 0.3 is 11.9 Å². The number of nitrogens with one attached hydrogen (secondary N) is 9. The van der Waals surface area contributed by atoms with Crippen molar-refractivity contribution in [3.8, 4) is 28.7 Å². The number of fused-ring (bicyclic) bond motifs is 4. The van der Waals surface area contributed by atoms with Crippen LogP contribution in [0.25, 0.3) is 69.9 Å². The largest absolute Gasteiger partial charge is 0.497 e. The number of esters is 1. The monoisotopic (exact) mass is 1600 g/mol. The van der Waals surface area contributed by atoms with Gasteiger partial charge in [0.1, 0.15) is 34.4 Å². The maximum atomic E-state index is 13.2. The van der Waals surface area contributed by atoms with Crippen molar-refractivity contribution in [3.63, 3.8) is 0 Å². The van der Waals surface area contributed by atoms with Crippen LogP contribution in [-0.2, 0) is 19.1 Å². The molecule has 0 spiro atoms. The van der Waals surface area contributed by atoms with Gasteiger partial charge in [-0.25, -0.2) is 24.8 Å². The van der Waals surface area contributed by atoms with Crippen LogP contribution in [0.3, 0.4) is 0 Å². The molecule has 5 aliphatic heterocycles. The predicted octanol–water partition coefficient (Wildman–Crippen LogP) is 5.50. The van der Waals surface area contributed by atoms with Crippen molar-refractivity contribution in [2.75, 3.05) is 42.1 Å². The van der Waals surface area contributed by atoms with E-state index in [4.69, 9.17) is 38.7 Å². The van der Waals surface area contributed by atoms with Crippen LogP contribution >= 0.6 is 0 Å². The molecular weight excluding hydrogens is 1500 g/mol. The van der Waals surface area contributed by atoms with E-state index in [0.717, 1.165) is 163 Å². The summed E-state index contributed by atoms with van der Waals surface area (Å²) in [6.45, 7) is 21.7. The molecule has 119 heavy (non-hydrogen) atoms. The van der Waals surface area contributed by atoms with Crippen molar-refractivity contribution < 1.29 is 47.9 Å². The lowest BCUT2D eigenvalue weighted by atomic mass is 10.0. The molecule has 0 radical (unpaired) electrons. The molecule has 1 saturated heterocycles. The number of methoxy groups -OCH3 is 5. The Morgan fingerprint density at radius 2 is 0.908 bits per heavy atom. The first-order chi connectivity index (χ1) is 57.4. The summed E-state index contributed by atoms with van der Waals surface area (Å²) in [4.78, 5) is 82.8. The first kappa shape index (κ1) is 81.9. The number of aliphatic carboxylic acids is 1. The fourth-order valence-electron chi connectivity index (χ4n) is 15.7. The van der Waals surface area contributed by atoms with Crippen LogP contribution in [0.1, 0.15) is 127 Å². The normalized spacial score (nSPS) is 16.6. The molecule has 610 valence electrons. The highest BCUT2D eigenvalue weighted by Crippen LogP contribution is 2.25. The first-order valence-corrected chi connectivity index (χ1v) is 40.0. The summed E-state index contributed by atoms with van der Waals surface area (Å²) in [5.41, 5.74) is 18.2. The Balaban J connectivity index is 0.000000131. The van der Waals surface area contributed by atoms with Gasteiger partial charge in [-0.3, -0.25) is 9.59 Å². The first-order valence-electron chi connectivity index (χ1n) is 40.0. The molecule has 23 nitrogen and oxygen atoms in total. The van der Waals surface area contributed by atoms with E-state index in [1.54, 1.807) is 40.6 Å². The van der Waals surface area contributed by atoms with Crippen LogP contribution in [-0.4, -0.2) is 117 Å². The van der Waals surface area contributed by atoms with Crippen molar-refractivity contribution in [3.05, 3.63) is 292 Å². The molecule has 0 amide bonds. The van der Waals surface area contributed by atoms with Crippen molar-refractivity contribution >= 4 is 87.6 Å². The van der Waals surface area contributed by atoms with Gasteiger partial charge in [0, 0.05) is 110 Å². The molecule has 4 aromatic carbocycles. The van der Waals surface area contributed by atoms with Crippen LogP contribution in [0.15, 0.2) is 159 Å². The third kappa shape index (κ3) is 18.3. The highest BCUT2D eigenvalue weighted by Gasteiger charge is 2.25. The van der Waals surface area contributed by atoms with Crippen LogP contribution in [0.4, 0.5) is 0 Å². The highest BCUT2D eigenvalue weighted by atomic mass is 16.5. The van der Waals surface area contributed by atoms with Crippen LogP contribution in [0.5, 0.6) is 28.7 Å². The maximum absolute atomic E-state index is 13.2. The molecule has 23 heteroatoms. The van der Waals surface area contributed by atoms with Crippen LogP contribution in [0.2, 0.25) is 0 Å². The number of aromatic nitrogens is 8. The van der Waals surface area contributed by atoms with Gasteiger partial charge in [-0.15, -0.1) is 0 Å². The molecule has 5 aliphatic rings. The minimum absolute atomic E-state index is 0.0578. The Bertz CT molecular complexity index is 7110. The molecule has 10 N–H and O–H groups in total. The summed E-state index contributed by atoms with van der Waals surface area (Å²) in [7, 11) is 7.90. The number of carbonyl (C=O) groups excluding carboxylic acids is 2. The zero-order valence-electron chi connectivity index (χ0n) is 69.9. The zero-order valence-corrected chi connectivity index (χ0v) is 69.9. The third-order valence-corrected chi connectivity index (χ3v) is 21.4. The van der Waals surface area contributed by atoms with Crippen molar-refractivity contribution in [2.45, 2.75) is 126 Å². The van der Waals surface area contributed by atoms with E-state index in [0.29, 0.717) is 62.2 Å². The standard InChI is InChI=1S/C28H34N4O.C26H27N3O4.C21H19N3O3.C21H21N3O2/c1-17(2)33-27-16-26(31-25(27)15-24-18(3)14-19(4)30-24)28-22(12-11-20-8-7-13-29-20)21-9-5-6-10-23(21)32-28;1-15-12-16(2)27-19(15)13-20-23(32-3)14-21(28-20)26-25(17-8-5-6-9-18(17)29-26)22(30)10-7-11-24(31)33-4;1-11-8-12(2)22-15(11)9-16-18(27-3)10-17(23-16)20-19(21(25)26)13-6-4-5-7-14(13)24-20;1-12-7-13(2)22-17(12)10-20-21(26-4)11-19(24-20)18-9-14-8-15(25-3)5-6-16(14)23-18/h5-6,9-10,14-17,20,29-31H,7-8,11-13H2,1-4H3;5-6,8-9,12-14,27-28H,7,10-11H2,1-4H3;4-10,22-23H,1-3H3,(H,25,26);5-11,22,24H,1-4H3/b25-15-,28-26?;20-13-,26-21?;16-9-,20-17?;19-18?,20-10-. The second kappa shape index (κ2) is 35.8. The van der Waals surface area contributed by atoms with Gasteiger partial charge in [0.05, 0.1) is 134 Å². The molecule has 1 atom stereocenters. The Labute approximate surface area is 686 Å². The lowest BCUT2D eigenvalue weighted by molar-refractivity contribution is -0.140. The number of carbonyl (C=O) groups is 3. The number of hydrogen-bond acceptors (Lipinski definition) is 14. The number of aromatic amines is 8. The van der Waals surface area contributed by atoms with Crippen LogP contribution in [0, 0.1) is 55.4 Å². The lowest BCUT2D eigenvalue weighted by Crippen LogP contribution is -2.25. The number of para-hydroxylation sites is 3. The molecule has 1 unspecified atom stereocenters. The number of H-pyrrole nitrogens is 8. The highest BCUT2D eigenvalue weighted by molar-refractivity contribution is 6.28. The average molecular weight is 1600 g/mol. The van der Waals surface area contributed by atoms with E-state index < -0.39 is 5.97 Å². The summed E-state index contributed by atoms with van der Waals surface area (Å²) in [5, 5.41) is 27.2. The van der Waals surface area contributed by atoms with Gasteiger partial charge < -0.3 is 78.7 Å². The Morgan fingerprint density at radius 1 is 0.471 bits per heavy atom. The summed E-state index contributed by atoms with van der Waals surface area (Å²) in [5.74, 6) is 2.38. The second-order valence-electron chi connectivity index (χ2n) is 30.6. The molecule has 0 saturated carbocycles. The van der Waals surface area contributed by atoms with E-state index >= 15 is 0 Å². The van der Waals surface area contributed by atoms with E-state index in [9.17, 15) is 19.5 Å². The van der Waals surface area contributed by atoms with E-state index in [1.807, 2.05) is 113 Å². The Hall–Kier alpha value is -13.7. The number of carboxylic acids is 1. The predicted molar refractivity (Wildman–Crippen MR) is 463 cm³/mol. The number of hydrogen-bond donors (Lipinski definition) is 10.